The predicted molar refractivity (Wildman–Crippen MR) is 186 cm³/mol. The van der Waals surface area contributed by atoms with Gasteiger partial charge in [0, 0.05) is 44.6 Å². The van der Waals surface area contributed by atoms with E-state index in [2.05, 4.69) is 4.90 Å². The summed E-state index contributed by atoms with van der Waals surface area (Å²) < 4.78 is 15.6. The molecule has 0 spiro atoms. The molecule has 0 unspecified atom stereocenters. The number of benzene rings is 4. The molecule has 0 radical (unpaired) electrons. The Kier molecular flexibility index (Phi) is 12.6. The molecular formula is C38H45N3O7. The summed E-state index contributed by atoms with van der Waals surface area (Å²) in [6, 6.07) is 33.3. The number of nitrogens with zero attached hydrogens (tertiary/aromatic N) is 3. The number of ether oxygens (including phenoxy) is 3. The van der Waals surface area contributed by atoms with Crippen LogP contribution in [0.25, 0.3) is 0 Å². The van der Waals surface area contributed by atoms with E-state index in [0.29, 0.717) is 41.3 Å². The maximum atomic E-state index is 12.7. The fourth-order valence-corrected chi connectivity index (χ4v) is 5.62. The van der Waals surface area contributed by atoms with Gasteiger partial charge in [0.2, 0.25) is 0 Å². The predicted octanol–water partition coefficient (Wildman–Crippen LogP) is 6.05. The van der Waals surface area contributed by atoms with Gasteiger partial charge in [0.1, 0.15) is 24.1 Å². The van der Waals surface area contributed by atoms with Crippen molar-refractivity contribution in [3.63, 3.8) is 0 Å². The van der Waals surface area contributed by atoms with Crippen molar-refractivity contribution < 1.29 is 34.0 Å². The van der Waals surface area contributed by atoms with Crippen LogP contribution in [0.1, 0.15) is 30.0 Å². The van der Waals surface area contributed by atoms with Crippen LogP contribution in [0.4, 0.5) is 21.0 Å². The van der Waals surface area contributed by atoms with Crippen LogP contribution in [-0.4, -0.2) is 80.9 Å². The SMILES string of the molecule is COC(=O)N(C)c1ccc(C(O)(C[C@H](C)N(Cc2ccccc2)C[C@H](O)COc2ccccc2)c2ccc(N(C)C(=O)OC)cc2)cc1. The molecule has 2 N–H and O–H groups in total. The molecular weight excluding hydrogens is 610 g/mol. The first-order valence-electron chi connectivity index (χ1n) is 15.8. The van der Waals surface area contributed by atoms with Crippen molar-refractivity contribution in [2.45, 2.75) is 37.6 Å². The second-order valence-corrected chi connectivity index (χ2v) is 11.8. The third kappa shape index (κ3) is 9.13. The minimum absolute atomic E-state index is 0.108. The number of methoxy groups -OCH3 is 2. The molecule has 0 fully saturated rings. The highest BCUT2D eigenvalue weighted by Crippen LogP contribution is 2.37. The smallest absolute Gasteiger partial charge is 0.413 e. The zero-order valence-corrected chi connectivity index (χ0v) is 28.2. The van der Waals surface area contributed by atoms with E-state index in [1.54, 1.807) is 62.6 Å². The lowest BCUT2D eigenvalue weighted by atomic mass is 9.81. The molecule has 0 heterocycles. The molecule has 0 bridgehead atoms. The van der Waals surface area contributed by atoms with Crippen LogP contribution in [0.5, 0.6) is 5.75 Å². The first-order chi connectivity index (χ1) is 23.0. The lowest BCUT2D eigenvalue weighted by Crippen LogP contribution is -2.44. The first-order valence-corrected chi connectivity index (χ1v) is 15.8. The van der Waals surface area contributed by atoms with Crippen molar-refractivity contribution in [1.29, 1.82) is 0 Å². The van der Waals surface area contributed by atoms with Gasteiger partial charge in [-0.2, -0.15) is 0 Å². The highest BCUT2D eigenvalue weighted by molar-refractivity contribution is 5.87. The summed E-state index contributed by atoms with van der Waals surface area (Å²) in [6.45, 7) is 2.96. The maximum Gasteiger partial charge on any atom is 0.413 e. The molecule has 48 heavy (non-hydrogen) atoms. The van der Waals surface area contributed by atoms with E-state index in [0.717, 1.165) is 5.56 Å². The van der Waals surface area contributed by atoms with Crippen molar-refractivity contribution in [3.05, 3.63) is 126 Å². The van der Waals surface area contributed by atoms with Gasteiger partial charge in [0.05, 0.1) is 14.2 Å². The average Bonchev–Trinajstić information content (AvgIpc) is 3.13. The lowest BCUT2D eigenvalue weighted by molar-refractivity contribution is 0.0107. The normalized spacial score (nSPS) is 12.6. The number of aliphatic hydroxyl groups is 2. The quantitative estimate of drug-likeness (QED) is 0.169. The van der Waals surface area contributed by atoms with Crippen molar-refractivity contribution in [3.8, 4) is 5.75 Å². The number of para-hydroxylation sites is 1. The van der Waals surface area contributed by atoms with Crippen LogP contribution < -0.4 is 14.5 Å². The van der Waals surface area contributed by atoms with Crippen LogP contribution >= 0.6 is 0 Å². The zero-order valence-electron chi connectivity index (χ0n) is 28.2. The Labute approximate surface area is 282 Å². The molecule has 0 aliphatic carbocycles. The second-order valence-electron chi connectivity index (χ2n) is 11.8. The molecule has 2 amide bonds. The third-order valence-corrected chi connectivity index (χ3v) is 8.43. The Bertz CT molecular complexity index is 1520. The second kappa shape index (κ2) is 16.8. The van der Waals surface area contributed by atoms with Crippen LogP contribution in [-0.2, 0) is 21.6 Å². The molecule has 0 aliphatic heterocycles. The summed E-state index contributed by atoms with van der Waals surface area (Å²) in [5.74, 6) is 0.677. The Balaban J connectivity index is 1.66. The summed E-state index contributed by atoms with van der Waals surface area (Å²) in [4.78, 5) is 29.2. The Morgan fingerprint density at radius 1 is 0.729 bits per heavy atom. The van der Waals surface area contributed by atoms with E-state index in [9.17, 15) is 19.8 Å². The number of carbonyl (C=O) groups is 2. The molecule has 10 nitrogen and oxygen atoms in total. The van der Waals surface area contributed by atoms with Crippen molar-refractivity contribution in [1.82, 2.24) is 4.90 Å². The fourth-order valence-electron chi connectivity index (χ4n) is 5.62. The van der Waals surface area contributed by atoms with Gasteiger partial charge in [0.15, 0.2) is 0 Å². The van der Waals surface area contributed by atoms with E-state index in [-0.39, 0.29) is 19.1 Å². The van der Waals surface area contributed by atoms with Crippen LogP contribution in [0.2, 0.25) is 0 Å². The summed E-state index contributed by atoms with van der Waals surface area (Å²) >= 11 is 0. The molecule has 10 heteroatoms. The number of hydrogen-bond acceptors (Lipinski definition) is 8. The molecule has 2 atom stereocenters. The van der Waals surface area contributed by atoms with Crippen molar-refractivity contribution >= 4 is 23.6 Å². The maximum absolute atomic E-state index is 12.7. The minimum Gasteiger partial charge on any atom is -0.491 e. The Hall–Kier alpha value is -4.90. The van der Waals surface area contributed by atoms with Gasteiger partial charge in [0.25, 0.3) is 0 Å². The largest absolute Gasteiger partial charge is 0.491 e. The molecule has 4 aromatic rings. The van der Waals surface area contributed by atoms with E-state index in [1.807, 2.05) is 67.6 Å². The lowest BCUT2D eigenvalue weighted by Gasteiger charge is -2.38. The Morgan fingerprint density at radius 2 is 1.19 bits per heavy atom. The van der Waals surface area contributed by atoms with Crippen LogP contribution in [0.3, 0.4) is 0 Å². The molecule has 0 aliphatic rings. The third-order valence-electron chi connectivity index (χ3n) is 8.43. The van der Waals surface area contributed by atoms with E-state index in [1.165, 1.54) is 24.0 Å². The standard InChI is InChI=1S/C38H45N3O7/c1-28(41(25-29-12-8-6-9-13-29)26-34(42)27-48-35-14-10-7-11-15-35)24-38(45,30-16-20-32(21-17-30)39(2)36(43)46-4)31-18-22-33(23-19-31)40(3)37(44)47-5/h6-23,28,34,42,45H,24-27H2,1-5H3/t28-,34-/m0/s1. The summed E-state index contributed by atoms with van der Waals surface area (Å²) in [7, 11) is 5.86. The molecule has 0 saturated carbocycles. The summed E-state index contributed by atoms with van der Waals surface area (Å²) in [6.07, 6.45) is -1.57. The molecule has 254 valence electrons. The molecule has 0 saturated heterocycles. The average molecular weight is 656 g/mol. The van der Waals surface area contributed by atoms with E-state index < -0.39 is 23.9 Å². The van der Waals surface area contributed by atoms with Crippen LogP contribution in [0, 0.1) is 0 Å². The number of carbonyl (C=O) groups excluding carboxylic acids is 2. The summed E-state index contributed by atoms with van der Waals surface area (Å²) in [5.41, 5.74) is 1.99. The van der Waals surface area contributed by atoms with Gasteiger partial charge in [-0.25, -0.2) is 9.59 Å². The van der Waals surface area contributed by atoms with E-state index in [4.69, 9.17) is 14.2 Å². The first kappa shape index (κ1) is 35.9. The fraction of sp³-hybridized carbons (Fsp3) is 0.316. The van der Waals surface area contributed by atoms with Gasteiger partial charge in [-0.1, -0.05) is 72.8 Å². The minimum atomic E-state index is -1.50. The number of rotatable bonds is 14. The van der Waals surface area contributed by atoms with Crippen LogP contribution in [0.15, 0.2) is 109 Å². The number of amides is 2. The number of aliphatic hydroxyl groups excluding tert-OH is 1. The van der Waals surface area contributed by atoms with Gasteiger partial charge in [-0.3, -0.25) is 14.7 Å². The van der Waals surface area contributed by atoms with Gasteiger partial charge in [-0.05, 0) is 66.4 Å². The summed E-state index contributed by atoms with van der Waals surface area (Å²) in [5, 5.41) is 23.8. The molecule has 4 aromatic carbocycles. The van der Waals surface area contributed by atoms with Crippen molar-refractivity contribution in [2.75, 3.05) is 51.3 Å². The topological polar surface area (TPSA) is 112 Å². The van der Waals surface area contributed by atoms with Crippen molar-refractivity contribution in [2.24, 2.45) is 0 Å². The number of anilines is 2. The highest BCUT2D eigenvalue weighted by atomic mass is 16.5. The van der Waals surface area contributed by atoms with Gasteiger partial charge >= 0.3 is 12.2 Å². The highest BCUT2D eigenvalue weighted by Gasteiger charge is 2.36. The van der Waals surface area contributed by atoms with Gasteiger partial charge in [-0.15, -0.1) is 0 Å². The zero-order chi connectivity index (χ0) is 34.7. The molecule has 4 rings (SSSR count). The van der Waals surface area contributed by atoms with Gasteiger partial charge < -0.3 is 24.4 Å². The molecule has 0 aromatic heterocycles. The van der Waals surface area contributed by atoms with E-state index >= 15 is 0 Å². The monoisotopic (exact) mass is 655 g/mol. The number of hydrogen-bond donors (Lipinski definition) is 2. The Morgan fingerprint density at radius 3 is 1.65 bits per heavy atom.